The molecule has 2 heterocycles. The molecule has 2 nitrogen and oxygen atoms in total. The first kappa shape index (κ1) is 48.5. The number of fused-ring (bicyclic) bond motifs is 7. The molecule has 3 aliphatic carbocycles. The predicted octanol–water partition coefficient (Wildman–Crippen LogP) is 17.4. The maximum Gasteiger partial charge on any atom is 0.124 e. The van der Waals surface area contributed by atoms with Gasteiger partial charge in [0.15, 0.2) is 0 Å². The van der Waals surface area contributed by atoms with Crippen molar-refractivity contribution in [2.45, 2.75) is 78.6 Å². The number of hydrogen-bond donors (Lipinski definition) is 0. The second-order valence-corrected chi connectivity index (χ2v) is 17.6. The van der Waals surface area contributed by atoms with Crippen LogP contribution in [0.15, 0.2) is 207 Å². The largest absolute Gasteiger partial charge is 0.335 e. The van der Waals surface area contributed by atoms with E-state index in [1.807, 2.05) is 75.5 Å². The smallest absolute Gasteiger partial charge is 0.124 e. The van der Waals surface area contributed by atoms with Gasteiger partial charge in [0, 0.05) is 44.7 Å². The quantitative estimate of drug-likeness (QED) is 0.0590. The van der Waals surface area contributed by atoms with Crippen LogP contribution < -0.4 is 4.90 Å². The molecule has 0 fully saturated rings. The van der Waals surface area contributed by atoms with Gasteiger partial charge in [0.2, 0.25) is 0 Å². The maximum absolute atomic E-state index is 6.33. The Labute approximate surface area is 399 Å². The lowest BCUT2D eigenvalue weighted by molar-refractivity contribution is 0.527. The number of anilines is 1. The summed E-state index contributed by atoms with van der Waals surface area (Å²) in [5, 5.41) is 2.50. The molecule has 1 unspecified atom stereocenters. The first-order valence-electron chi connectivity index (χ1n) is 23.3. The van der Waals surface area contributed by atoms with Crippen molar-refractivity contribution in [2.75, 3.05) is 11.4 Å². The lowest BCUT2D eigenvalue weighted by Gasteiger charge is -2.30. The number of hydrogen-bond acceptors (Lipinski definition) is 3. The highest BCUT2D eigenvalue weighted by Gasteiger charge is 2.42. The van der Waals surface area contributed by atoms with E-state index < -0.39 is 0 Å². The van der Waals surface area contributed by atoms with Gasteiger partial charge in [-0.2, -0.15) is 0 Å². The van der Waals surface area contributed by atoms with Gasteiger partial charge in [-0.05, 0) is 131 Å². The van der Waals surface area contributed by atoms with E-state index in [1.165, 1.54) is 71.1 Å². The summed E-state index contributed by atoms with van der Waals surface area (Å²) in [6, 6.07) is 37.1. The Morgan fingerprint density at radius 3 is 2.29 bits per heavy atom. The first-order chi connectivity index (χ1) is 32.2. The summed E-state index contributed by atoms with van der Waals surface area (Å²) in [5.41, 5.74) is 18.2. The van der Waals surface area contributed by atoms with Crippen molar-refractivity contribution < 1.29 is 0 Å². The molecular weight excluding hydrogens is 817 g/mol. The van der Waals surface area contributed by atoms with Gasteiger partial charge in [0.05, 0.1) is 5.70 Å². The minimum atomic E-state index is -0.117. The molecule has 332 valence electrons. The summed E-state index contributed by atoms with van der Waals surface area (Å²) in [6.07, 6.45) is 31.4. The van der Waals surface area contributed by atoms with Crippen molar-refractivity contribution in [1.29, 1.82) is 0 Å². The molecule has 0 saturated heterocycles. The van der Waals surface area contributed by atoms with Crippen molar-refractivity contribution in [3.63, 3.8) is 0 Å². The lowest BCUT2D eigenvalue weighted by atomic mass is 9.73. The van der Waals surface area contributed by atoms with Crippen LogP contribution in [0.4, 0.5) is 5.69 Å². The second-order valence-electron chi connectivity index (χ2n) is 16.6. The van der Waals surface area contributed by atoms with Gasteiger partial charge in [-0.3, -0.25) is 0 Å². The summed E-state index contributed by atoms with van der Waals surface area (Å²) in [7, 11) is 0. The molecular formula is C63H64N2S. The maximum atomic E-state index is 6.33. The predicted molar refractivity (Wildman–Crippen MR) is 292 cm³/mol. The zero-order valence-corrected chi connectivity index (χ0v) is 40.8. The van der Waals surface area contributed by atoms with Gasteiger partial charge >= 0.3 is 0 Å². The molecule has 0 radical (unpaired) electrons. The van der Waals surface area contributed by atoms with E-state index in [4.69, 9.17) is 11.4 Å². The minimum absolute atomic E-state index is 0.108. The van der Waals surface area contributed by atoms with E-state index in [0.29, 0.717) is 0 Å². The lowest BCUT2D eigenvalue weighted by Crippen LogP contribution is -2.23. The van der Waals surface area contributed by atoms with Gasteiger partial charge in [0.25, 0.3) is 0 Å². The van der Waals surface area contributed by atoms with E-state index in [9.17, 15) is 0 Å². The Morgan fingerprint density at radius 1 is 0.894 bits per heavy atom. The molecule has 0 saturated carbocycles. The molecule has 0 aliphatic heterocycles. The number of benzene rings is 4. The number of thiophene rings is 1. The standard InChI is InChI=1S/C45H38N2S.C13H14.C3H6.C2H6/c1-6-32(47(8-3)33-23-24-35-34-18-13-10-14-20-38(34)44(4,5)40(35)28-33)22-21-30-29-45(7-2,31-16-11-9-12-17-31)39-26-25-36-37-19-15-27-46-43(37)48-42(36)41(30)39;1-3-8-12(9-4-2)13-10-6-5-7-11-13;1-3-2;1-2/h1,9-12,14-28H,7-8,29H2,2-5H3;3-8,10-11H,1-2,9H2;3H,1H2,2H3;1-2H3/b30-21+,32-22+;12-8+;;. The topological polar surface area (TPSA) is 16.1 Å². The van der Waals surface area contributed by atoms with E-state index in [2.05, 4.69) is 173 Å². The summed E-state index contributed by atoms with van der Waals surface area (Å²) in [4.78, 5) is 8.10. The van der Waals surface area contributed by atoms with Gasteiger partial charge in [0.1, 0.15) is 4.83 Å². The highest BCUT2D eigenvalue weighted by Crippen LogP contribution is 2.55. The molecule has 0 N–H and O–H groups in total. The molecule has 6 aromatic rings. The Morgan fingerprint density at radius 2 is 1.62 bits per heavy atom. The third-order valence-electron chi connectivity index (χ3n) is 12.6. The molecule has 9 rings (SSSR count). The first-order valence-corrected chi connectivity index (χ1v) is 24.1. The fraction of sp³-hybridized carbons (Fsp3) is 0.206. The molecule has 2 aromatic heterocycles. The molecule has 66 heavy (non-hydrogen) atoms. The highest BCUT2D eigenvalue weighted by atomic mass is 32.1. The van der Waals surface area contributed by atoms with Crippen LogP contribution in [0.2, 0.25) is 0 Å². The average molecular weight is 881 g/mol. The van der Waals surface area contributed by atoms with Crippen LogP contribution in [-0.2, 0) is 10.8 Å². The molecule has 0 spiro atoms. The van der Waals surface area contributed by atoms with E-state index in [-0.39, 0.29) is 10.8 Å². The third kappa shape index (κ3) is 9.54. The van der Waals surface area contributed by atoms with Crippen LogP contribution in [0.25, 0.3) is 37.0 Å². The van der Waals surface area contributed by atoms with Crippen molar-refractivity contribution in [1.82, 2.24) is 4.98 Å². The van der Waals surface area contributed by atoms with Crippen LogP contribution in [0.1, 0.15) is 101 Å². The van der Waals surface area contributed by atoms with Gasteiger partial charge < -0.3 is 4.90 Å². The molecule has 1 atom stereocenters. The van der Waals surface area contributed by atoms with Gasteiger partial charge in [-0.25, -0.2) is 4.98 Å². The minimum Gasteiger partial charge on any atom is -0.335 e. The molecule has 3 heteroatoms. The number of aromatic nitrogens is 1. The fourth-order valence-electron chi connectivity index (χ4n) is 9.56. The second kappa shape index (κ2) is 22.3. The van der Waals surface area contributed by atoms with Gasteiger partial charge in [-0.15, -0.1) is 36.6 Å². The summed E-state index contributed by atoms with van der Waals surface area (Å²) in [6.45, 7) is 26.6. The van der Waals surface area contributed by atoms with Crippen LogP contribution >= 0.6 is 11.3 Å². The van der Waals surface area contributed by atoms with Crippen molar-refractivity contribution in [3.8, 4) is 12.3 Å². The fourth-order valence-corrected chi connectivity index (χ4v) is 10.8. The molecule has 0 amide bonds. The van der Waals surface area contributed by atoms with Crippen LogP contribution in [0.5, 0.6) is 0 Å². The monoisotopic (exact) mass is 880 g/mol. The number of terminal acetylenes is 1. The van der Waals surface area contributed by atoms with Crippen LogP contribution in [-0.4, -0.2) is 11.5 Å². The average Bonchev–Trinajstić information content (AvgIpc) is 3.87. The number of rotatable bonds is 10. The third-order valence-corrected chi connectivity index (χ3v) is 13.8. The highest BCUT2D eigenvalue weighted by molar-refractivity contribution is 7.25. The summed E-state index contributed by atoms with van der Waals surface area (Å²) >= 11 is 1.80. The van der Waals surface area contributed by atoms with Gasteiger partial charge in [-0.1, -0.05) is 169 Å². The summed E-state index contributed by atoms with van der Waals surface area (Å²) in [5.74, 6) is 3.06. The summed E-state index contributed by atoms with van der Waals surface area (Å²) < 4.78 is 1.31. The zero-order chi connectivity index (χ0) is 47.3. The van der Waals surface area contributed by atoms with Crippen molar-refractivity contribution in [2.24, 2.45) is 0 Å². The normalized spacial score (nSPS) is 16.9. The zero-order valence-electron chi connectivity index (χ0n) is 40.0. The van der Waals surface area contributed by atoms with Crippen molar-refractivity contribution >= 4 is 54.0 Å². The van der Waals surface area contributed by atoms with E-state index >= 15 is 0 Å². The van der Waals surface area contributed by atoms with E-state index in [0.717, 1.165) is 42.0 Å². The molecule has 0 bridgehead atoms. The Bertz CT molecular complexity index is 2980. The number of nitrogens with zero attached hydrogens (tertiary/aromatic N) is 2. The van der Waals surface area contributed by atoms with Crippen molar-refractivity contribution in [3.05, 3.63) is 240 Å². The molecule has 3 aliphatic rings. The van der Waals surface area contributed by atoms with E-state index in [1.54, 1.807) is 17.4 Å². The Hall–Kier alpha value is -6.95. The molecule has 4 aromatic carbocycles. The Balaban J connectivity index is 0.000000340. The number of allylic oxidation sites excluding steroid dienone is 14. The van der Waals surface area contributed by atoms with Crippen LogP contribution in [0.3, 0.4) is 0 Å². The SMILES string of the molecule is C#C/C(=C\C=C1/CC(CC)(c2ccccc2)c2ccc3c(sc4ncccc43)c21)N(CC)c1ccc2c(c1)C(C)(C)C1=C2C=C=CC=C1.C=C/C=C(\CC=C)c1ccccc1.C=CC.CC. The Kier molecular flexibility index (Phi) is 16.4. The van der Waals surface area contributed by atoms with Crippen LogP contribution in [0, 0.1) is 12.3 Å². The number of pyridine rings is 1.